The van der Waals surface area contributed by atoms with E-state index in [0.29, 0.717) is 11.8 Å². The predicted molar refractivity (Wildman–Crippen MR) is 106 cm³/mol. The van der Waals surface area contributed by atoms with E-state index in [4.69, 9.17) is 0 Å². The van der Waals surface area contributed by atoms with E-state index in [2.05, 4.69) is 87.7 Å². The summed E-state index contributed by atoms with van der Waals surface area (Å²) in [4.78, 5) is 2.57. The molecule has 0 aliphatic heterocycles. The highest BCUT2D eigenvalue weighted by atomic mass is 15.1. The first kappa shape index (κ1) is 18.5. The molecule has 0 atom stereocenters. The van der Waals surface area contributed by atoms with Crippen molar-refractivity contribution in [3.05, 3.63) is 77.9 Å². The van der Waals surface area contributed by atoms with Gasteiger partial charge in [0.15, 0.2) is 0 Å². The maximum atomic E-state index is 4.30. The minimum absolute atomic E-state index is 0.686. The molecule has 2 rings (SSSR count). The number of rotatable bonds is 8. The molecule has 0 aliphatic rings. The summed E-state index contributed by atoms with van der Waals surface area (Å²) in [5.41, 5.74) is 4.87. The average molecular weight is 322 g/mol. The van der Waals surface area contributed by atoms with E-state index in [1.165, 1.54) is 16.7 Å². The minimum Gasteiger partial charge on any atom is -0.299 e. The Balaban J connectivity index is 2.15. The van der Waals surface area contributed by atoms with Gasteiger partial charge in [0.1, 0.15) is 0 Å². The van der Waals surface area contributed by atoms with Crippen LogP contribution >= 0.6 is 0 Å². The van der Waals surface area contributed by atoms with Gasteiger partial charge in [0.25, 0.3) is 0 Å². The van der Waals surface area contributed by atoms with Crippen molar-refractivity contribution in [3.63, 3.8) is 0 Å². The molecule has 24 heavy (non-hydrogen) atoms. The van der Waals surface area contributed by atoms with E-state index in [1.54, 1.807) is 0 Å². The summed E-state index contributed by atoms with van der Waals surface area (Å²) in [6, 6.07) is 19.3. The zero-order chi connectivity index (χ0) is 17.5. The molecule has 2 aromatic rings. The van der Waals surface area contributed by atoms with Gasteiger partial charge in [0, 0.05) is 19.6 Å². The van der Waals surface area contributed by atoms with Crippen LogP contribution in [-0.4, -0.2) is 18.0 Å². The molecule has 0 saturated heterocycles. The van der Waals surface area contributed by atoms with Crippen LogP contribution in [-0.2, 0) is 6.54 Å². The van der Waals surface area contributed by atoms with Gasteiger partial charge < -0.3 is 0 Å². The topological polar surface area (TPSA) is 3.24 Å². The third-order valence-corrected chi connectivity index (χ3v) is 4.05. The average Bonchev–Trinajstić information content (AvgIpc) is 2.54. The van der Waals surface area contributed by atoms with Crippen LogP contribution in [0.15, 0.2) is 61.2 Å². The maximum Gasteiger partial charge on any atom is 0.0234 e. The molecule has 0 bridgehead atoms. The Morgan fingerprint density at radius 3 is 2.00 bits per heavy atom. The van der Waals surface area contributed by atoms with Gasteiger partial charge in [-0.15, -0.1) is 0 Å². The van der Waals surface area contributed by atoms with Crippen LogP contribution in [0.5, 0.6) is 0 Å². The van der Waals surface area contributed by atoms with Gasteiger partial charge in [-0.05, 0) is 40.2 Å². The highest BCUT2D eigenvalue weighted by molar-refractivity contribution is 5.78. The number of benzene rings is 2. The summed E-state index contributed by atoms with van der Waals surface area (Å²) < 4.78 is 0. The largest absolute Gasteiger partial charge is 0.299 e. The molecular weight excluding hydrogens is 290 g/mol. The maximum absolute atomic E-state index is 4.30. The number of hydrogen-bond acceptors (Lipinski definition) is 1. The fourth-order valence-electron chi connectivity index (χ4n) is 3.16. The van der Waals surface area contributed by atoms with Gasteiger partial charge in [0.2, 0.25) is 0 Å². The first-order chi connectivity index (χ1) is 11.5. The van der Waals surface area contributed by atoms with Crippen LogP contribution in [0.4, 0.5) is 0 Å². The Bertz CT molecular complexity index is 630. The number of nitrogens with zero attached hydrogens (tertiary/aromatic N) is 1. The van der Waals surface area contributed by atoms with Gasteiger partial charge in [-0.2, -0.15) is 0 Å². The fourth-order valence-corrected chi connectivity index (χ4v) is 3.16. The van der Waals surface area contributed by atoms with Crippen molar-refractivity contribution < 1.29 is 0 Å². The lowest BCUT2D eigenvalue weighted by Gasteiger charge is -2.26. The van der Waals surface area contributed by atoms with E-state index in [0.717, 1.165) is 25.2 Å². The molecule has 0 saturated carbocycles. The van der Waals surface area contributed by atoms with Gasteiger partial charge in [-0.1, -0.05) is 82.8 Å². The van der Waals surface area contributed by atoms with Crippen LogP contribution in [0.3, 0.4) is 0 Å². The fraction of sp³-hybridized carbons (Fsp3) is 0.391. The monoisotopic (exact) mass is 321 g/mol. The molecule has 128 valence electrons. The zero-order valence-electron chi connectivity index (χ0n) is 15.6. The molecule has 1 heteroatoms. The molecular formula is C23H31N. The standard InChI is InChI=1S/C23H31N/c1-18(2)15-24(16-19(3)4)17-21-10-9-13-23(14-21)20(5)22-11-7-6-8-12-22/h6-14,18-19H,5,15-17H2,1-4H3. The smallest absolute Gasteiger partial charge is 0.0234 e. The highest BCUT2D eigenvalue weighted by Crippen LogP contribution is 2.23. The van der Waals surface area contributed by atoms with Crippen molar-refractivity contribution in [2.45, 2.75) is 34.2 Å². The second kappa shape index (κ2) is 8.84. The van der Waals surface area contributed by atoms with Crippen molar-refractivity contribution in [1.29, 1.82) is 0 Å². The van der Waals surface area contributed by atoms with E-state index in [1.807, 2.05) is 6.07 Å². The van der Waals surface area contributed by atoms with E-state index >= 15 is 0 Å². The Kier molecular flexibility index (Phi) is 6.81. The normalized spacial score (nSPS) is 11.5. The number of hydrogen-bond donors (Lipinski definition) is 0. The molecule has 0 fully saturated rings. The zero-order valence-corrected chi connectivity index (χ0v) is 15.6. The SMILES string of the molecule is C=C(c1ccccc1)c1cccc(CN(CC(C)C)CC(C)C)c1. The summed E-state index contributed by atoms with van der Waals surface area (Å²) in [7, 11) is 0. The first-order valence-corrected chi connectivity index (χ1v) is 9.01. The lowest BCUT2D eigenvalue weighted by Crippen LogP contribution is -2.30. The van der Waals surface area contributed by atoms with Crippen molar-refractivity contribution in [2.24, 2.45) is 11.8 Å². The van der Waals surface area contributed by atoms with Crippen LogP contribution in [0, 0.1) is 11.8 Å². The van der Waals surface area contributed by atoms with Crippen LogP contribution < -0.4 is 0 Å². The molecule has 0 radical (unpaired) electrons. The molecule has 0 aromatic heterocycles. The quantitative estimate of drug-likeness (QED) is 0.588. The molecule has 0 unspecified atom stereocenters. The van der Waals surface area contributed by atoms with E-state index < -0.39 is 0 Å². The third-order valence-electron chi connectivity index (χ3n) is 4.05. The first-order valence-electron chi connectivity index (χ1n) is 9.01. The summed E-state index contributed by atoms with van der Waals surface area (Å²) in [6.07, 6.45) is 0. The van der Waals surface area contributed by atoms with Gasteiger partial charge in [-0.25, -0.2) is 0 Å². The molecule has 0 heterocycles. The van der Waals surface area contributed by atoms with Crippen LogP contribution in [0.1, 0.15) is 44.4 Å². The Morgan fingerprint density at radius 2 is 1.42 bits per heavy atom. The summed E-state index contributed by atoms with van der Waals surface area (Å²) >= 11 is 0. The summed E-state index contributed by atoms with van der Waals surface area (Å²) in [5, 5.41) is 0. The highest BCUT2D eigenvalue weighted by Gasteiger charge is 2.11. The van der Waals surface area contributed by atoms with Crippen molar-refractivity contribution in [3.8, 4) is 0 Å². The second-order valence-corrected chi connectivity index (χ2v) is 7.53. The van der Waals surface area contributed by atoms with Crippen molar-refractivity contribution in [1.82, 2.24) is 4.90 Å². The molecule has 0 amide bonds. The molecule has 0 spiro atoms. The van der Waals surface area contributed by atoms with Gasteiger partial charge in [-0.3, -0.25) is 4.90 Å². The lowest BCUT2D eigenvalue weighted by molar-refractivity contribution is 0.211. The summed E-state index contributed by atoms with van der Waals surface area (Å²) in [5.74, 6) is 1.37. The predicted octanol–water partition coefficient (Wildman–Crippen LogP) is 5.86. The molecule has 2 aromatic carbocycles. The molecule has 1 nitrogen and oxygen atoms in total. The van der Waals surface area contributed by atoms with Gasteiger partial charge in [0.05, 0.1) is 0 Å². The molecule has 0 N–H and O–H groups in total. The van der Waals surface area contributed by atoms with E-state index in [-0.39, 0.29) is 0 Å². The van der Waals surface area contributed by atoms with Crippen molar-refractivity contribution >= 4 is 5.57 Å². The Labute approximate surface area is 148 Å². The molecule has 0 aliphatic carbocycles. The minimum atomic E-state index is 0.686. The van der Waals surface area contributed by atoms with Crippen LogP contribution in [0.2, 0.25) is 0 Å². The second-order valence-electron chi connectivity index (χ2n) is 7.53. The third kappa shape index (κ3) is 5.65. The Hall–Kier alpha value is -1.86. The Morgan fingerprint density at radius 1 is 0.833 bits per heavy atom. The van der Waals surface area contributed by atoms with Crippen LogP contribution in [0.25, 0.3) is 5.57 Å². The van der Waals surface area contributed by atoms with Gasteiger partial charge >= 0.3 is 0 Å². The lowest BCUT2D eigenvalue weighted by atomic mass is 9.98. The van der Waals surface area contributed by atoms with E-state index in [9.17, 15) is 0 Å². The van der Waals surface area contributed by atoms with Crippen molar-refractivity contribution in [2.75, 3.05) is 13.1 Å². The summed E-state index contributed by atoms with van der Waals surface area (Å²) in [6.45, 7) is 16.8.